The number of amides is 2. The van der Waals surface area contributed by atoms with Crippen LogP contribution in [0.3, 0.4) is 0 Å². The molecule has 2 saturated heterocycles. The summed E-state index contributed by atoms with van der Waals surface area (Å²) in [4.78, 5) is 31.6. The SMILES string of the molecule is O=C(CCCc1ccccc1)N(Cc1cccc(-c2cccc(C(=O)N3CCC(CCCC4CCNCC4)CC3)c2)c1)Cc1cccc(-c2csnn2)c1. The Morgan fingerprint density at radius 2 is 1.33 bits per heavy atom. The van der Waals surface area contributed by atoms with E-state index in [9.17, 15) is 9.59 Å². The van der Waals surface area contributed by atoms with Crippen LogP contribution in [0.2, 0.25) is 0 Å². The smallest absolute Gasteiger partial charge is 0.253 e. The van der Waals surface area contributed by atoms with Gasteiger partial charge in [-0.15, -0.1) is 5.10 Å². The highest BCUT2D eigenvalue weighted by atomic mass is 32.1. The molecule has 0 bridgehead atoms. The molecule has 2 amide bonds. The summed E-state index contributed by atoms with van der Waals surface area (Å²) in [7, 11) is 0. The van der Waals surface area contributed by atoms with Crippen LogP contribution < -0.4 is 5.32 Å². The van der Waals surface area contributed by atoms with Gasteiger partial charge in [0.25, 0.3) is 5.91 Å². The normalized spacial score (nSPS) is 15.3. The molecule has 1 aromatic heterocycles. The molecule has 0 atom stereocenters. The predicted molar refractivity (Wildman–Crippen MR) is 219 cm³/mol. The molecule has 0 saturated carbocycles. The molecule has 2 aliphatic heterocycles. The van der Waals surface area contributed by atoms with E-state index in [0.29, 0.717) is 19.5 Å². The topological polar surface area (TPSA) is 78.4 Å². The van der Waals surface area contributed by atoms with Gasteiger partial charge in [0.05, 0.1) is 0 Å². The standard InChI is InChI=1S/C46H53N5O2S/c52-45(20-7-13-35-9-2-1-3-10-35)51(33-39-15-6-18-42(30-39)44-34-54-49-48-44)32-38-14-5-16-40(29-38)41-17-8-19-43(31-41)46(53)50-27-23-37(24-28-50)12-4-11-36-21-25-47-26-22-36/h1-3,5-6,8-10,14-19,29-31,34,36-37,47H,4,7,11-13,20-28,32-33H2. The third kappa shape index (κ3) is 10.5. The van der Waals surface area contributed by atoms with Gasteiger partial charge in [-0.1, -0.05) is 103 Å². The van der Waals surface area contributed by atoms with Crippen molar-refractivity contribution in [1.82, 2.24) is 24.7 Å². The van der Waals surface area contributed by atoms with Crippen LogP contribution in [0.4, 0.5) is 0 Å². The second-order valence-corrected chi connectivity index (χ2v) is 15.8. The number of carbonyl (C=O) groups excluding carboxylic acids is 2. The lowest BCUT2D eigenvalue weighted by Gasteiger charge is -2.32. The van der Waals surface area contributed by atoms with Crippen molar-refractivity contribution in [2.24, 2.45) is 11.8 Å². The summed E-state index contributed by atoms with van der Waals surface area (Å²) in [6, 6.07) is 35.1. The van der Waals surface area contributed by atoms with Crippen molar-refractivity contribution in [3.8, 4) is 22.4 Å². The molecule has 3 heterocycles. The van der Waals surface area contributed by atoms with Crippen LogP contribution in [-0.4, -0.2) is 57.4 Å². The monoisotopic (exact) mass is 739 g/mol. The van der Waals surface area contributed by atoms with E-state index in [1.54, 1.807) is 0 Å². The zero-order valence-electron chi connectivity index (χ0n) is 31.4. The summed E-state index contributed by atoms with van der Waals surface area (Å²) < 4.78 is 4.03. The summed E-state index contributed by atoms with van der Waals surface area (Å²) in [6.07, 6.45) is 11.0. The Bertz CT molecular complexity index is 1930. The number of carbonyl (C=O) groups is 2. The van der Waals surface area contributed by atoms with Gasteiger partial charge in [-0.3, -0.25) is 9.59 Å². The van der Waals surface area contributed by atoms with Crippen LogP contribution in [0.25, 0.3) is 22.4 Å². The number of benzene rings is 4. The van der Waals surface area contributed by atoms with Crippen LogP contribution in [0.5, 0.6) is 0 Å². The Kier molecular flexibility index (Phi) is 13.3. The molecule has 0 spiro atoms. The zero-order chi connectivity index (χ0) is 37.0. The van der Waals surface area contributed by atoms with E-state index in [1.165, 1.54) is 62.3 Å². The molecule has 5 aromatic rings. The number of nitrogens with zero attached hydrogens (tertiary/aromatic N) is 4. The summed E-state index contributed by atoms with van der Waals surface area (Å²) in [5.41, 5.74) is 8.01. The first-order valence-electron chi connectivity index (χ1n) is 19.9. The largest absolute Gasteiger partial charge is 0.339 e. The van der Waals surface area contributed by atoms with E-state index in [4.69, 9.17) is 0 Å². The molecule has 8 heteroatoms. The van der Waals surface area contributed by atoms with Crippen LogP contribution in [-0.2, 0) is 24.3 Å². The number of rotatable bonds is 15. The van der Waals surface area contributed by atoms with E-state index in [0.717, 1.165) is 89.7 Å². The van der Waals surface area contributed by atoms with E-state index >= 15 is 0 Å². The van der Waals surface area contributed by atoms with E-state index in [-0.39, 0.29) is 11.8 Å². The first kappa shape index (κ1) is 37.6. The number of hydrogen-bond donors (Lipinski definition) is 1. The number of aryl methyl sites for hydroxylation is 1. The van der Waals surface area contributed by atoms with Gasteiger partial charge in [-0.2, -0.15) is 0 Å². The summed E-state index contributed by atoms with van der Waals surface area (Å²) in [5, 5.41) is 9.67. The molecule has 280 valence electrons. The number of nitrogens with one attached hydrogen (secondary N) is 1. The average Bonchev–Trinajstić information content (AvgIpc) is 3.77. The zero-order valence-corrected chi connectivity index (χ0v) is 32.2. The third-order valence-corrected chi connectivity index (χ3v) is 11.8. The minimum absolute atomic E-state index is 0.129. The molecule has 7 nitrogen and oxygen atoms in total. The second kappa shape index (κ2) is 19.1. The first-order valence-corrected chi connectivity index (χ1v) is 20.8. The van der Waals surface area contributed by atoms with Crippen molar-refractivity contribution < 1.29 is 9.59 Å². The lowest BCUT2D eigenvalue weighted by molar-refractivity contribution is -0.132. The molecule has 0 aliphatic carbocycles. The molecule has 1 N–H and O–H groups in total. The Morgan fingerprint density at radius 1 is 0.704 bits per heavy atom. The van der Waals surface area contributed by atoms with Gasteiger partial charge in [0.15, 0.2) is 0 Å². The van der Waals surface area contributed by atoms with Crippen LogP contribution in [0.15, 0.2) is 109 Å². The van der Waals surface area contributed by atoms with E-state index < -0.39 is 0 Å². The van der Waals surface area contributed by atoms with Gasteiger partial charge in [-0.25, -0.2) is 0 Å². The van der Waals surface area contributed by atoms with Gasteiger partial charge < -0.3 is 15.1 Å². The Hall–Kier alpha value is -4.66. The van der Waals surface area contributed by atoms with Gasteiger partial charge in [0.2, 0.25) is 5.91 Å². The molecule has 0 unspecified atom stereocenters. The molecule has 54 heavy (non-hydrogen) atoms. The third-order valence-electron chi connectivity index (χ3n) is 11.3. The van der Waals surface area contributed by atoms with E-state index in [2.05, 4.69) is 74.4 Å². The summed E-state index contributed by atoms with van der Waals surface area (Å²) in [6.45, 7) is 5.03. The maximum Gasteiger partial charge on any atom is 0.253 e. The van der Waals surface area contributed by atoms with Crippen LogP contribution in [0.1, 0.15) is 84.8 Å². The van der Waals surface area contributed by atoms with Crippen LogP contribution >= 0.6 is 11.5 Å². The Balaban J connectivity index is 0.994. The van der Waals surface area contributed by atoms with E-state index in [1.807, 2.05) is 58.8 Å². The quantitative estimate of drug-likeness (QED) is 0.116. The number of likely N-dealkylation sites (tertiary alicyclic amines) is 1. The number of aromatic nitrogens is 2. The van der Waals surface area contributed by atoms with Gasteiger partial charge >= 0.3 is 0 Å². The van der Waals surface area contributed by atoms with Crippen molar-refractivity contribution in [2.75, 3.05) is 26.2 Å². The first-order chi connectivity index (χ1) is 26.6. The Morgan fingerprint density at radius 3 is 2.04 bits per heavy atom. The second-order valence-electron chi connectivity index (χ2n) is 15.2. The number of piperidine rings is 2. The minimum atomic E-state index is 0.129. The number of hydrogen-bond acceptors (Lipinski definition) is 6. The molecule has 7 rings (SSSR count). The molecule has 2 fully saturated rings. The average molecular weight is 740 g/mol. The lowest BCUT2D eigenvalue weighted by atomic mass is 9.87. The molecule has 0 radical (unpaired) electrons. The fraction of sp³-hybridized carbons (Fsp3) is 0.391. The fourth-order valence-corrected chi connectivity index (χ4v) is 8.66. The fourth-order valence-electron chi connectivity index (χ4n) is 8.19. The highest BCUT2D eigenvalue weighted by Gasteiger charge is 2.24. The highest BCUT2D eigenvalue weighted by molar-refractivity contribution is 7.03. The molecule has 2 aliphatic rings. The predicted octanol–water partition coefficient (Wildman–Crippen LogP) is 9.45. The maximum absolute atomic E-state index is 13.9. The molecular weight excluding hydrogens is 687 g/mol. The van der Waals surface area contributed by atoms with Crippen molar-refractivity contribution in [1.29, 1.82) is 0 Å². The lowest BCUT2D eigenvalue weighted by Crippen LogP contribution is -2.38. The van der Waals surface area contributed by atoms with Crippen molar-refractivity contribution in [3.63, 3.8) is 0 Å². The van der Waals surface area contributed by atoms with Gasteiger partial charge in [0.1, 0.15) is 5.69 Å². The molecule has 4 aromatic carbocycles. The minimum Gasteiger partial charge on any atom is -0.339 e. The van der Waals surface area contributed by atoms with Crippen molar-refractivity contribution >= 4 is 23.3 Å². The summed E-state index contributed by atoms with van der Waals surface area (Å²) in [5.74, 6) is 1.90. The highest BCUT2D eigenvalue weighted by Crippen LogP contribution is 2.29. The van der Waals surface area contributed by atoms with Gasteiger partial charge in [-0.05, 0) is 127 Å². The Labute approximate surface area is 325 Å². The van der Waals surface area contributed by atoms with Crippen LogP contribution in [0, 0.1) is 11.8 Å². The van der Waals surface area contributed by atoms with Crippen molar-refractivity contribution in [3.05, 3.63) is 131 Å². The van der Waals surface area contributed by atoms with Crippen molar-refractivity contribution in [2.45, 2.75) is 77.3 Å². The van der Waals surface area contributed by atoms with Gasteiger partial charge in [0, 0.05) is 49.1 Å². The molecular formula is C46H53N5O2S. The maximum atomic E-state index is 13.9. The summed E-state index contributed by atoms with van der Waals surface area (Å²) >= 11 is 1.33.